The molecule has 1 aromatic carbocycles. The molecule has 2 unspecified atom stereocenters. The number of hydrogen-bond donors (Lipinski definition) is 2. The Balaban J connectivity index is 2.34. The number of benzene rings is 1. The Kier molecular flexibility index (Phi) is 25.0. The SMILES string of the molecule is CCCCCCCCCCCCCCCCCCOc1ccccc1CC(COP(=O)(O)OCC[NH+](C)C)CC(=O)CCC. The number of carbonyl (C=O) groups excluding carboxylic acids is 1. The lowest BCUT2D eigenvalue weighted by atomic mass is 9.93. The quantitative estimate of drug-likeness (QED) is 0.0625. The number of carbonyl (C=O) groups is 1. The van der Waals surface area contributed by atoms with Crippen molar-refractivity contribution in [3.8, 4) is 5.75 Å². The fourth-order valence-corrected chi connectivity index (χ4v) is 6.25. The summed E-state index contributed by atoms with van der Waals surface area (Å²) in [4.78, 5) is 23.8. The van der Waals surface area contributed by atoms with E-state index in [1.165, 1.54) is 96.3 Å². The summed E-state index contributed by atoms with van der Waals surface area (Å²) in [5.41, 5.74) is 0.992. The van der Waals surface area contributed by atoms with Crippen LogP contribution in [0.2, 0.25) is 0 Å². The first-order valence-corrected chi connectivity index (χ1v) is 19.4. The highest BCUT2D eigenvalue weighted by molar-refractivity contribution is 7.47. The fraction of sp³-hybridized carbons (Fsp3) is 0.806. The van der Waals surface area contributed by atoms with E-state index >= 15 is 0 Å². The van der Waals surface area contributed by atoms with Gasteiger partial charge in [-0.1, -0.05) is 128 Å². The van der Waals surface area contributed by atoms with Gasteiger partial charge < -0.3 is 14.5 Å². The summed E-state index contributed by atoms with van der Waals surface area (Å²) in [6, 6.07) is 7.90. The molecule has 0 aromatic heterocycles. The Morgan fingerprint density at radius 2 is 1.32 bits per heavy atom. The maximum Gasteiger partial charge on any atom is 0.472 e. The van der Waals surface area contributed by atoms with Crippen LogP contribution in [0, 0.1) is 5.92 Å². The third-order valence-corrected chi connectivity index (χ3v) is 9.10. The lowest BCUT2D eigenvalue weighted by molar-refractivity contribution is -0.858. The Morgan fingerprint density at radius 1 is 0.773 bits per heavy atom. The normalized spacial score (nSPS) is 13.7. The minimum atomic E-state index is -4.18. The smallest absolute Gasteiger partial charge is 0.472 e. The van der Waals surface area contributed by atoms with Crippen molar-refractivity contribution < 1.29 is 32.9 Å². The van der Waals surface area contributed by atoms with E-state index in [1.54, 1.807) is 0 Å². The van der Waals surface area contributed by atoms with Crippen molar-refractivity contribution in [2.24, 2.45) is 5.92 Å². The lowest BCUT2D eigenvalue weighted by Gasteiger charge is -2.20. The molecule has 256 valence electrons. The highest BCUT2D eigenvalue weighted by atomic mass is 31.2. The van der Waals surface area contributed by atoms with Gasteiger partial charge in [0.2, 0.25) is 0 Å². The molecule has 0 amide bonds. The molecule has 0 bridgehead atoms. The molecule has 8 heteroatoms. The maximum absolute atomic E-state index is 12.5. The second kappa shape index (κ2) is 26.9. The molecule has 1 rings (SSSR count). The average Bonchev–Trinajstić information content (AvgIpc) is 2.98. The van der Waals surface area contributed by atoms with Crippen LogP contribution < -0.4 is 9.64 Å². The first-order valence-electron chi connectivity index (χ1n) is 17.9. The van der Waals surface area contributed by atoms with Crippen LogP contribution in [-0.2, 0) is 24.8 Å². The van der Waals surface area contributed by atoms with Gasteiger partial charge >= 0.3 is 7.82 Å². The van der Waals surface area contributed by atoms with Gasteiger partial charge in [0.15, 0.2) is 0 Å². The van der Waals surface area contributed by atoms with Crippen LogP contribution in [0.5, 0.6) is 5.75 Å². The largest absolute Gasteiger partial charge is 0.493 e. The zero-order valence-corrected chi connectivity index (χ0v) is 29.7. The van der Waals surface area contributed by atoms with Crippen LogP contribution in [0.3, 0.4) is 0 Å². The van der Waals surface area contributed by atoms with E-state index in [9.17, 15) is 14.3 Å². The number of unbranched alkanes of at least 4 members (excludes halogenated alkanes) is 15. The number of para-hydroxylation sites is 1. The predicted molar refractivity (Wildman–Crippen MR) is 183 cm³/mol. The summed E-state index contributed by atoms with van der Waals surface area (Å²) in [5.74, 6) is 0.717. The van der Waals surface area contributed by atoms with E-state index in [1.807, 2.05) is 45.3 Å². The van der Waals surface area contributed by atoms with E-state index in [0.717, 1.165) is 29.1 Å². The molecule has 0 aliphatic heterocycles. The molecule has 0 radical (unpaired) electrons. The summed E-state index contributed by atoms with van der Waals surface area (Å²) >= 11 is 0. The summed E-state index contributed by atoms with van der Waals surface area (Å²) in [7, 11) is -0.290. The molecule has 0 fully saturated rings. The van der Waals surface area contributed by atoms with Gasteiger partial charge in [-0.2, -0.15) is 0 Å². The summed E-state index contributed by atoms with van der Waals surface area (Å²) in [6.07, 6.45) is 23.6. The summed E-state index contributed by atoms with van der Waals surface area (Å²) < 4.78 is 29.0. The molecule has 1 aromatic rings. The van der Waals surface area contributed by atoms with Crippen molar-refractivity contribution in [1.82, 2.24) is 0 Å². The molecule has 0 saturated carbocycles. The van der Waals surface area contributed by atoms with E-state index in [2.05, 4.69) is 6.92 Å². The number of phosphoric ester groups is 1. The van der Waals surface area contributed by atoms with E-state index < -0.39 is 7.82 Å². The van der Waals surface area contributed by atoms with Gasteiger partial charge in [0.25, 0.3) is 0 Å². The van der Waals surface area contributed by atoms with E-state index in [-0.39, 0.29) is 24.9 Å². The van der Waals surface area contributed by atoms with Crippen molar-refractivity contribution in [1.29, 1.82) is 0 Å². The number of phosphoric acid groups is 1. The van der Waals surface area contributed by atoms with Crippen molar-refractivity contribution >= 4 is 13.6 Å². The van der Waals surface area contributed by atoms with Crippen LogP contribution in [-0.4, -0.2) is 51.1 Å². The second-order valence-electron chi connectivity index (χ2n) is 12.9. The predicted octanol–water partition coefficient (Wildman–Crippen LogP) is 8.52. The molecular formula is C36H67NO6P+. The van der Waals surface area contributed by atoms with Gasteiger partial charge in [0.1, 0.15) is 24.7 Å². The maximum atomic E-state index is 12.5. The number of likely N-dealkylation sites (N-methyl/N-ethyl adjacent to an activating group) is 1. The molecule has 0 aliphatic rings. The van der Waals surface area contributed by atoms with Crippen molar-refractivity contribution in [2.75, 3.05) is 40.5 Å². The minimum absolute atomic E-state index is 0.0223. The zero-order chi connectivity index (χ0) is 32.3. The molecular weight excluding hydrogens is 573 g/mol. The molecule has 0 heterocycles. The highest BCUT2D eigenvalue weighted by Crippen LogP contribution is 2.43. The summed E-state index contributed by atoms with van der Waals surface area (Å²) in [6.45, 7) is 5.63. The Hall–Kier alpha value is -1.24. The zero-order valence-electron chi connectivity index (χ0n) is 28.8. The molecule has 0 saturated heterocycles. The average molecular weight is 641 g/mol. The van der Waals surface area contributed by atoms with Crippen LogP contribution in [0.15, 0.2) is 24.3 Å². The molecule has 2 atom stereocenters. The van der Waals surface area contributed by atoms with Gasteiger partial charge in [0.05, 0.1) is 27.3 Å². The minimum Gasteiger partial charge on any atom is -0.493 e. The second-order valence-corrected chi connectivity index (χ2v) is 14.3. The van der Waals surface area contributed by atoms with E-state index in [0.29, 0.717) is 32.4 Å². The van der Waals surface area contributed by atoms with Crippen LogP contribution >= 0.6 is 7.82 Å². The third-order valence-electron chi connectivity index (χ3n) is 8.11. The Labute approximate surface area is 270 Å². The number of ether oxygens (including phenoxy) is 1. The fourth-order valence-electron chi connectivity index (χ4n) is 5.45. The number of nitrogens with one attached hydrogen (secondary N) is 1. The number of ketones is 1. The monoisotopic (exact) mass is 640 g/mol. The van der Waals surface area contributed by atoms with Crippen molar-refractivity contribution in [3.63, 3.8) is 0 Å². The topological polar surface area (TPSA) is 86.5 Å². The molecule has 0 spiro atoms. The first kappa shape index (κ1) is 40.8. The van der Waals surface area contributed by atoms with Gasteiger partial charge in [-0.05, 0) is 36.8 Å². The van der Waals surface area contributed by atoms with Gasteiger partial charge in [-0.25, -0.2) is 4.57 Å². The molecule has 2 N–H and O–H groups in total. The lowest BCUT2D eigenvalue weighted by Crippen LogP contribution is -3.06. The third kappa shape index (κ3) is 23.1. The number of quaternary nitrogens is 1. The highest BCUT2D eigenvalue weighted by Gasteiger charge is 2.25. The molecule has 7 nitrogen and oxygen atoms in total. The number of rotatable bonds is 31. The molecule has 44 heavy (non-hydrogen) atoms. The summed E-state index contributed by atoms with van der Waals surface area (Å²) in [5, 5.41) is 0. The molecule has 0 aliphatic carbocycles. The standard InChI is InChI=1S/C36H66NO6P/c1-5-7-8-9-10-11-12-13-14-15-16-17-18-19-20-23-28-41-36-26-22-21-25-34(36)30-33(31-35(38)24-6-2)32-43-44(39,40)42-29-27-37(3)4/h21-22,25-26,33H,5-20,23-24,27-32H2,1-4H3,(H,39,40)/p+1. The van der Waals surface area contributed by atoms with E-state index in [4.69, 9.17) is 13.8 Å². The number of hydrogen-bond acceptors (Lipinski definition) is 5. The van der Waals surface area contributed by atoms with Crippen LogP contribution in [0.1, 0.15) is 141 Å². The van der Waals surface area contributed by atoms with Gasteiger partial charge in [-0.15, -0.1) is 0 Å². The van der Waals surface area contributed by atoms with Crippen LogP contribution in [0.25, 0.3) is 0 Å². The van der Waals surface area contributed by atoms with Gasteiger partial charge in [-0.3, -0.25) is 13.8 Å². The van der Waals surface area contributed by atoms with Crippen molar-refractivity contribution in [3.05, 3.63) is 29.8 Å². The van der Waals surface area contributed by atoms with Crippen LogP contribution in [0.4, 0.5) is 0 Å². The van der Waals surface area contributed by atoms with Crippen molar-refractivity contribution in [2.45, 2.75) is 142 Å². The Bertz CT molecular complexity index is 880. The van der Waals surface area contributed by atoms with Gasteiger partial charge in [0, 0.05) is 12.8 Å². The number of Topliss-reactive ketones (excluding diaryl/α,β-unsaturated/α-hetero) is 1. The Morgan fingerprint density at radius 3 is 1.86 bits per heavy atom. The first-order chi connectivity index (χ1) is 21.3.